The molecule has 0 N–H and O–H groups in total. The summed E-state index contributed by atoms with van der Waals surface area (Å²) in [6, 6.07) is 16.5. The highest BCUT2D eigenvalue weighted by molar-refractivity contribution is 5.97. The average Bonchev–Trinajstić information content (AvgIpc) is 2.60. The molecule has 128 valence electrons. The van der Waals surface area contributed by atoms with Gasteiger partial charge in [0.2, 0.25) is 0 Å². The molecule has 2 aromatic rings. The fourth-order valence-electron chi connectivity index (χ4n) is 2.55. The summed E-state index contributed by atoms with van der Waals surface area (Å²) in [5, 5.41) is 8.79. The second-order valence-corrected chi connectivity index (χ2v) is 5.74. The lowest BCUT2D eigenvalue weighted by molar-refractivity contribution is -0.121. The van der Waals surface area contributed by atoms with E-state index in [-0.39, 0.29) is 25.5 Å². The van der Waals surface area contributed by atoms with Gasteiger partial charge in [-0.3, -0.25) is 4.79 Å². The molecule has 0 saturated carbocycles. The second-order valence-electron chi connectivity index (χ2n) is 5.74. The van der Waals surface area contributed by atoms with Crippen LogP contribution in [0.3, 0.4) is 0 Å². The van der Waals surface area contributed by atoms with Crippen LogP contribution < -0.4 is 4.90 Å². The van der Waals surface area contributed by atoms with E-state index >= 15 is 0 Å². The van der Waals surface area contributed by atoms with Crippen LogP contribution in [0.2, 0.25) is 0 Å². The van der Waals surface area contributed by atoms with Crippen LogP contribution in [0.5, 0.6) is 0 Å². The van der Waals surface area contributed by atoms with Crippen LogP contribution in [0.15, 0.2) is 48.5 Å². The van der Waals surface area contributed by atoms with Crippen LogP contribution in [-0.4, -0.2) is 25.0 Å². The Morgan fingerprint density at radius 2 is 1.72 bits per heavy atom. The molecule has 5 heteroatoms. The smallest absolute Gasteiger partial charge is 0.338 e. The first-order valence-electron chi connectivity index (χ1n) is 7.99. The molecule has 5 nitrogen and oxygen atoms in total. The fourth-order valence-corrected chi connectivity index (χ4v) is 2.55. The number of aryl methyl sites for hydroxylation is 2. The zero-order chi connectivity index (χ0) is 18.2. The van der Waals surface area contributed by atoms with Gasteiger partial charge in [0.25, 0.3) is 5.91 Å². The molecule has 0 unspecified atom stereocenters. The highest BCUT2D eigenvalue weighted by Gasteiger charge is 2.18. The van der Waals surface area contributed by atoms with Crippen LogP contribution in [0.4, 0.5) is 5.69 Å². The normalized spacial score (nSPS) is 9.96. The molecular weight excluding hydrogens is 316 g/mol. The van der Waals surface area contributed by atoms with Crippen molar-refractivity contribution in [1.82, 2.24) is 0 Å². The Balaban J connectivity index is 2.05. The third-order valence-electron chi connectivity index (χ3n) is 3.60. The number of carbonyl (C=O) groups is 2. The van der Waals surface area contributed by atoms with E-state index in [1.54, 1.807) is 24.3 Å². The molecule has 0 atom stereocenters. The Morgan fingerprint density at radius 1 is 1.08 bits per heavy atom. The van der Waals surface area contributed by atoms with Crippen LogP contribution in [0.25, 0.3) is 0 Å². The number of esters is 1. The molecule has 0 spiro atoms. The predicted molar refractivity (Wildman–Crippen MR) is 95.2 cm³/mol. The third-order valence-corrected chi connectivity index (χ3v) is 3.60. The van der Waals surface area contributed by atoms with E-state index in [4.69, 9.17) is 10.00 Å². The first-order chi connectivity index (χ1) is 12.0. The van der Waals surface area contributed by atoms with Crippen molar-refractivity contribution in [2.24, 2.45) is 0 Å². The van der Waals surface area contributed by atoms with Crippen LogP contribution in [0, 0.1) is 25.2 Å². The molecule has 0 saturated heterocycles. The zero-order valence-electron chi connectivity index (χ0n) is 14.4. The highest BCUT2D eigenvalue weighted by Crippen LogP contribution is 2.15. The first-order valence-corrected chi connectivity index (χ1v) is 7.99. The number of amides is 1. The van der Waals surface area contributed by atoms with Crippen molar-refractivity contribution in [2.45, 2.75) is 20.3 Å². The Bertz CT molecular complexity index is 774. The van der Waals surface area contributed by atoms with Gasteiger partial charge in [0.15, 0.2) is 6.61 Å². The summed E-state index contributed by atoms with van der Waals surface area (Å²) in [4.78, 5) is 26.1. The highest BCUT2D eigenvalue weighted by atomic mass is 16.5. The number of nitriles is 1. The lowest BCUT2D eigenvalue weighted by atomic mass is 10.1. The number of hydrogen-bond donors (Lipinski definition) is 0. The Labute approximate surface area is 147 Å². The van der Waals surface area contributed by atoms with Gasteiger partial charge >= 0.3 is 5.97 Å². The molecule has 0 bridgehead atoms. The Hall–Kier alpha value is -3.13. The quantitative estimate of drug-likeness (QED) is 0.758. The van der Waals surface area contributed by atoms with Crippen LogP contribution >= 0.6 is 0 Å². The molecule has 2 rings (SSSR count). The molecule has 0 aliphatic carbocycles. The van der Waals surface area contributed by atoms with E-state index in [1.165, 1.54) is 4.90 Å². The Morgan fingerprint density at radius 3 is 2.32 bits per heavy atom. The van der Waals surface area contributed by atoms with Gasteiger partial charge in [-0.05, 0) is 38.1 Å². The van der Waals surface area contributed by atoms with Crippen molar-refractivity contribution in [1.29, 1.82) is 5.26 Å². The van der Waals surface area contributed by atoms with Crippen molar-refractivity contribution < 1.29 is 14.3 Å². The molecule has 0 aliphatic rings. The summed E-state index contributed by atoms with van der Waals surface area (Å²) in [5.41, 5.74) is 3.01. The fraction of sp³-hybridized carbons (Fsp3) is 0.250. The standard InChI is InChI=1S/C20H20N2O3/c1-15-11-16(2)13-17(12-15)20(24)25-14-19(23)22(10-6-9-21)18-7-4-3-5-8-18/h3-5,7-8,11-13H,6,10,14H2,1-2H3. The van der Waals surface area contributed by atoms with Crippen molar-refractivity contribution in [2.75, 3.05) is 18.1 Å². The number of ether oxygens (including phenoxy) is 1. The van der Waals surface area contributed by atoms with Gasteiger partial charge in [-0.1, -0.05) is 35.4 Å². The van der Waals surface area contributed by atoms with Gasteiger partial charge in [-0.25, -0.2) is 4.79 Å². The van der Waals surface area contributed by atoms with Crippen molar-refractivity contribution in [3.05, 3.63) is 65.2 Å². The van der Waals surface area contributed by atoms with E-state index in [0.717, 1.165) is 11.1 Å². The van der Waals surface area contributed by atoms with E-state index in [1.807, 2.05) is 44.2 Å². The van der Waals surface area contributed by atoms with Gasteiger partial charge in [0.1, 0.15) is 0 Å². The minimum Gasteiger partial charge on any atom is -0.452 e. The van der Waals surface area contributed by atoms with E-state index in [2.05, 4.69) is 0 Å². The largest absolute Gasteiger partial charge is 0.452 e. The number of rotatable bonds is 6. The van der Waals surface area contributed by atoms with Gasteiger partial charge in [0, 0.05) is 12.2 Å². The maximum absolute atomic E-state index is 12.5. The number of anilines is 1. The average molecular weight is 336 g/mol. The summed E-state index contributed by atoms with van der Waals surface area (Å²) in [7, 11) is 0. The molecule has 0 heterocycles. The molecule has 1 amide bonds. The van der Waals surface area contributed by atoms with Crippen LogP contribution in [0.1, 0.15) is 27.9 Å². The summed E-state index contributed by atoms with van der Waals surface area (Å²) in [6.45, 7) is 3.68. The number of nitrogens with zero attached hydrogens (tertiary/aromatic N) is 2. The molecular formula is C20H20N2O3. The van der Waals surface area contributed by atoms with E-state index < -0.39 is 5.97 Å². The number of carbonyl (C=O) groups excluding carboxylic acids is 2. The van der Waals surface area contributed by atoms with Crippen molar-refractivity contribution in [3.8, 4) is 6.07 Å². The summed E-state index contributed by atoms with van der Waals surface area (Å²) in [5.74, 6) is -0.896. The van der Waals surface area contributed by atoms with Gasteiger partial charge in [-0.15, -0.1) is 0 Å². The Kier molecular flexibility index (Phi) is 6.30. The molecule has 0 radical (unpaired) electrons. The minimum absolute atomic E-state index is 0.200. The summed E-state index contributed by atoms with van der Waals surface area (Å²) < 4.78 is 5.17. The molecule has 0 fully saturated rings. The van der Waals surface area contributed by atoms with E-state index in [0.29, 0.717) is 11.3 Å². The molecule has 25 heavy (non-hydrogen) atoms. The predicted octanol–water partition coefficient (Wildman–Crippen LogP) is 3.41. The number of benzene rings is 2. The maximum Gasteiger partial charge on any atom is 0.338 e. The lowest BCUT2D eigenvalue weighted by Gasteiger charge is -2.21. The zero-order valence-corrected chi connectivity index (χ0v) is 14.4. The van der Waals surface area contributed by atoms with Crippen molar-refractivity contribution >= 4 is 17.6 Å². The number of para-hydroxylation sites is 1. The van der Waals surface area contributed by atoms with E-state index in [9.17, 15) is 9.59 Å². The SMILES string of the molecule is Cc1cc(C)cc(C(=O)OCC(=O)N(CCC#N)c2ccccc2)c1. The summed E-state index contributed by atoms with van der Waals surface area (Å²) >= 11 is 0. The lowest BCUT2D eigenvalue weighted by Crippen LogP contribution is -2.35. The monoisotopic (exact) mass is 336 g/mol. The van der Waals surface area contributed by atoms with Crippen LogP contribution in [-0.2, 0) is 9.53 Å². The molecule has 2 aromatic carbocycles. The molecule has 0 aliphatic heterocycles. The summed E-state index contributed by atoms with van der Waals surface area (Å²) in [6.07, 6.45) is 0.200. The van der Waals surface area contributed by atoms with Crippen molar-refractivity contribution in [3.63, 3.8) is 0 Å². The van der Waals surface area contributed by atoms with Gasteiger partial charge in [0.05, 0.1) is 18.1 Å². The van der Waals surface area contributed by atoms with Gasteiger partial charge < -0.3 is 9.64 Å². The second kappa shape index (κ2) is 8.65. The molecule has 0 aromatic heterocycles. The number of hydrogen-bond acceptors (Lipinski definition) is 4. The first kappa shape index (κ1) is 18.2. The third kappa shape index (κ3) is 5.18. The topological polar surface area (TPSA) is 70.4 Å². The minimum atomic E-state index is -0.534. The van der Waals surface area contributed by atoms with Gasteiger partial charge in [-0.2, -0.15) is 5.26 Å². The maximum atomic E-state index is 12.5.